The molecule has 2 unspecified atom stereocenters. The van der Waals surface area contributed by atoms with Crippen molar-refractivity contribution in [3.05, 3.63) is 257 Å². The molecular weight excluding hydrogens is 751 g/mol. The first kappa shape index (κ1) is 37.3. The molecule has 0 aliphatic heterocycles. The summed E-state index contributed by atoms with van der Waals surface area (Å²) in [7, 11) is 0. The molecule has 294 valence electrons. The smallest absolute Gasteiger partial charge is 0.121 e. The van der Waals surface area contributed by atoms with Gasteiger partial charge in [-0.05, 0) is 118 Å². The summed E-state index contributed by atoms with van der Waals surface area (Å²) >= 11 is 0. The molecule has 0 saturated carbocycles. The van der Waals surface area contributed by atoms with Crippen LogP contribution in [-0.2, 0) is 5.41 Å². The highest BCUT2D eigenvalue weighted by molar-refractivity contribution is 6.25. The maximum Gasteiger partial charge on any atom is 0.121 e. The van der Waals surface area contributed by atoms with Crippen molar-refractivity contribution in [2.75, 3.05) is 0 Å². The molecule has 9 aromatic carbocycles. The fourth-order valence-corrected chi connectivity index (χ4v) is 10.9. The van der Waals surface area contributed by atoms with E-state index in [0.717, 1.165) is 33.4 Å². The SMILES string of the molecule is C=Cc1ccc2c(-c3cccc4ccccc34)c3ccccc3c(-c3ccc(-c4ccc5c(c4)C(c4ccccc4)(c4ccccc4)C4=CC=CC(N=O)C45)cc3)c2c1/C=C\C. The third-order valence-electron chi connectivity index (χ3n) is 13.4. The van der Waals surface area contributed by atoms with E-state index in [9.17, 15) is 4.91 Å². The third-order valence-corrected chi connectivity index (χ3v) is 13.4. The van der Waals surface area contributed by atoms with Crippen LogP contribution in [0.4, 0.5) is 0 Å². The molecule has 2 aliphatic rings. The standard InChI is InChI=1S/C60H43NO/c1-3-17-47-39(4-2)34-37-52-57(48-27-15-19-41-18-11-12-24-46(41)48)50-26-14-13-25-49(50)56(58(47)52)42-32-30-40(31-33-42)43-35-36-51-54(38-43)60(44-20-7-5-8-21-44,45-22-9-6-10-23-45)53-28-16-29-55(61-62)59(51)53/h3-38,55,59H,2H2,1H3/b17-3-. The predicted octanol–water partition coefficient (Wildman–Crippen LogP) is 15.9. The van der Waals surface area contributed by atoms with E-state index in [1.165, 1.54) is 71.3 Å². The summed E-state index contributed by atoms with van der Waals surface area (Å²) in [4.78, 5) is 12.5. The van der Waals surface area contributed by atoms with Gasteiger partial charge in [-0.1, -0.05) is 224 Å². The van der Waals surface area contributed by atoms with E-state index in [1.807, 2.05) is 18.2 Å². The van der Waals surface area contributed by atoms with Gasteiger partial charge in [0.2, 0.25) is 0 Å². The molecule has 0 spiro atoms. The first-order valence-electron chi connectivity index (χ1n) is 21.5. The molecule has 0 fully saturated rings. The highest BCUT2D eigenvalue weighted by Gasteiger charge is 2.53. The van der Waals surface area contributed by atoms with Crippen LogP contribution in [0.25, 0.3) is 77.9 Å². The molecule has 9 aromatic rings. The van der Waals surface area contributed by atoms with E-state index in [2.05, 4.69) is 219 Å². The Morgan fingerprint density at radius 3 is 1.92 bits per heavy atom. The summed E-state index contributed by atoms with van der Waals surface area (Å²) in [5.41, 5.74) is 14.6. The number of fused-ring (bicyclic) bond motifs is 6. The molecule has 0 radical (unpaired) electrons. The molecule has 0 amide bonds. The second kappa shape index (κ2) is 15.1. The molecule has 0 N–H and O–H groups in total. The fraction of sp³-hybridized carbons (Fsp3) is 0.0667. The van der Waals surface area contributed by atoms with Crippen molar-refractivity contribution in [2.24, 2.45) is 5.18 Å². The van der Waals surface area contributed by atoms with Gasteiger partial charge in [0.15, 0.2) is 0 Å². The average Bonchev–Trinajstić information content (AvgIpc) is 3.64. The normalized spacial score (nSPS) is 16.4. The zero-order valence-electron chi connectivity index (χ0n) is 34.5. The van der Waals surface area contributed by atoms with Crippen molar-refractivity contribution in [1.29, 1.82) is 0 Å². The van der Waals surface area contributed by atoms with Crippen LogP contribution in [0.3, 0.4) is 0 Å². The van der Waals surface area contributed by atoms with Crippen LogP contribution in [0.2, 0.25) is 0 Å². The van der Waals surface area contributed by atoms with Crippen LogP contribution in [0, 0.1) is 4.91 Å². The second-order valence-electron chi connectivity index (χ2n) is 16.5. The van der Waals surface area contributed by atoms with E-state index >= 15 is 0 Å². The number of rotatable bonds is 8. The largest absolute Gasteiger partial charge is 0.150 e. The van der Waals surface area contributed by atoms with E-state index < -0.39 is 11.5 Å². The molecule has 2 aliphatic carbocycles. The van der Waals surface area contributed by atoms with Gasteiger partial charge in [0, 0.05) is 5.92 Å². The average molecular weight is 794 g/mol. The lowest BCUT2D eigenvalue weighted by Gasteiger charge is -2.36. The zero-order valence-corrected chi connectivity index (χ0v) is 34.5. The molecular formula is C60H43NO. The van der Waals surface area contributed by atoms with Crippen LogP contribution < -0.4 is 0 Å². The first-order valence-corrected chi connectivity index (χ1v) is 21.5. The van der Waals surface area contributed by atoms with Gasteiger partial charge in [0.1, 0.15) is 6.04 Å². The van der Waals surface area contributed by atoms with Crippen LogP contribution in [0.5, 0.6) is 0 Å². The first-order chi connectivity index (χ1) is 30.6. The number of benzene rings is 9. The molecule has 0 heterocycles. The van der Waals surface area contributed by atoms with Crippen molar-refractivity contribution in [3.63, 3.8) is 0 Å². The topological polar surface area (TPSA) is 29.4 Å². The fourth-order valence-electron chi connectivity index (χ4n) is 10.9. The number of nitrogens with zero attached hydrogens (tertiary/aromatic N) is 1. The maximum absolute atomic E-state index is 12.5. The van der Waals surface area contributed by atoms with Gasteiger partial charge in [-0.15, -0.1) is 0 Å². The zero-order chi connectivity index (χ0) is 41.8. The minimum absolute atomic E-state index is 0.158. The summed E-state index contributed by atoms with van der Waals surface area (Å²) in [6.07, 6.45) is 12.5. The Bertz CT molecular complexity index is 3290. The molecule has 11 rings (SSSR count). The molecule has 0 bridgehead atoms. The Kier molecular flexibility index (Phi) is 9.09. The maximum atomic E-state index is 12.5. The van der Waals surface area contributed by atoms with Crippen molar-refractivity contribution in [2.45, 2.75) is 24.3 Å². The van der Waals surface area contributed by atoms with Gasteiger partial charge < -0.3 is 0 Å². The lowest BCUT2D eigenvalue weighted by Crippen LogP contribution is -2.31. The monoisotopic (exact) mass is 793 g/mol. The van der Waals surface area contributed by atoms with E-state index in [0.29, 0.717) is 0 Å². The minimum atomic E-state index is -0.595. The van der Waals surface area contributed by atoms with Gasteiger partial charge in [-0.2, -0.15) is 4.91 Å². The minimum Gasteiger partial charge on any atom is -0.150 e. The Hall–Kier alpha value is -7.68. The molecule has 0 saturated heterocycles. The number of allylic oxidation sites excluding steroid dienone is 3. The van der Waals surface area contributed by atoms with E-state index in [-0.39, 0.29) is 5.92 Å². The van der Waals surface area contributed by atoms with Crippen molar-refractivity contribution < 1.29 is 0 Å². The molecule has 2 nitrogen and oxygen atoms in total. The van der Waals surface area contributed by atoms with Gasteiger partial charge in [-0.25, -0.2) is 0 Å². The molecule has 2 heteroatoms. The second-order valence-corrected chi connectivity index (χ2v) is 16.5. The van der Waals surface area contributed by atoms with Crippen molar-refractivity contribution >= 4 is 44.5 Å². The predicted molar refractivity (Wildman–Crippen MR) is 262 cm³/mol. The van der Waals surface area contributed by atoms with Crippen LogP contribution in [-0.4, -0.2) is 6.04 Å². The van der Waals surface area contributed by atoms with Crippen LogP contribution in [0.15, 0.2) is 224 Å². The van der Waals surface area contributed by atoms with Gasteiger partial charge >= 0.3 is 0 Å². The number of hydrogen-bond acceptors (Lipinski definition) is 2. The third kappa shape index (κ3) is 5.57. The quantitative estimate of drug-likeness (QED) is 0.111. The number of hydrogen-bond donors (Lipinski definition) is 0. The lowest BCUT2D eigenvalue weighted by molar-refractivity contribution is 0.637. The Morgan fingerprint density at radius 1 is 0.597 bits per heavy atom. The molecule has 62 heavy (non-hydrogen) atoms. The van der Waals surface area contributed by atoms with Gasteiger partial charge in [0.25, 0.3) is 0 Å². The van der Waals surface area contributed by atoms with Crippen molar-refractivity contribution in [3.8, 4) is 33.4 Å². The number of nitroso groups, excluding NO2 is 1. The van der Waals surface area contributed by atoms with E-state index in [4.69, 9.17) is 0 Å². The van der Waals surface area contributed by atoms with Crippen LogP contribution in [0.1, 0.15) is 46.2 Å². The highest BCUT2D eigenvalue weighted by Crippen LogP contribution is 2.60. The lowest BCUT2D eigenvalue weighted by atomic mass is 9.65. The summed E-state index contributed by atoms with van der Waals surface area (Å²) in [5.74, 6) is -0.158. The van der Waals surface area contributed by atoms with E-state index in [1.54, 1.807) is 0 Å². The summed E-state index contributed by atoms with van der Waals surface area (Å²) in [6.45, 7) is 6.35. The Labute approximate surface area is 362 Å². The summed E-state index contributed by atoms with van der Waals surface area (Å²) < 4.78 is 0. The van der Waals surface area contributed by atoms with Crippen LogP contribution >= 0.6 is 0 Å². The molecule has 2 atom stereocenters. The molecule has 0 aromatic heterocycles. The Balaban J connectivity index is 1.13. The van der Waals surface area contributed by atoms with Gasteiger partial charge in [0.05, 0.1) is 5.41 Å². The van der Waals surface area contributed by atoms with Crippen molar-refractivity contribution in [1.82, 2.24) is 0 Å². The Morgan fingerprint density at radius 2 is 1.23 bits per heavy atom. The summed E-state index contributed by atoms with van der Waals surface area (Å²) in [6, 6.07) is 65.7. The highest BCUT2D eigenvalue weighted by atomic mass is 16.3. The van der Waals surface area contributed by atoms with Gasteiger partial charge in [-0.3, -0.25) is 0 Å². The summed E-state index contributed by atoms with van der Waals surface area (Å²) in [5, 5.41) is 11.0.